The molecule has 1 aromatic rings. The molecule has 0 aromatic heterocycles. The molecule has 24 heavy (non-hydrogen) atoms. The number of amides is 2. The van der Waals surface area contributed by atoms with Crippen LogP contribution in [0.4, 0.5) is 5.69 Å². The fraction of sp³-hybridized carbons (Fsp3) is 0.294. The fourth-order valence-corrected chi connectivity index (χ4v) is 2.37. The van der Waals surface area contributed by atoms with Crippen LogP contribution in [0.1, 0.15) is 18.4 Å². The molecule has 7 heteroatoms. The largest absolute Gasteiger partial charge is 0.331 e. The topological polar surface area (TPSA) is 118 Å². The van der Waals surface area contributed by atoms with Gasteiger partial charge < -0.3 is 16.0 Å². The van der Waals surface area contributed by atoms with Crippen molar-refractivity contribution in [3.05, 3.63) is 41.6 Å². The summed E-state index contributed by atoms with van der Waals surface area (Å²) < 4.78 is 0. The molecule has 0 bridgehead atoms. The number of rotatable bonds is 4. The highest BCUT2D eigenvalue weighted by Crippen LogP contribution is 2.15. The first-order chi connectivity index (χ1) is 11.7. The van der Waals surface area contributed by atoms with E-state index in [0.717, 1.165) is 32.1 Å². The lowest BCUT2D eigenvalue weighted by Gasteiger charge is -2.20. The van der Waals surface area contributed by atoms with E-state index in [1.54, 1.807) is 30.3 Å². The number of carbonyl (C=O) groups excluding carboxylic acids is 2. The predicted octanol–water partition coefficient (Wildman–Crippen LogP) is 1.02. The molecule has 7 nitrogen and oxygen atoms in total. The first kappa shape index (κ1) is 17.2. The monoisotopic (exact) mass is 323 g/mol. The lowest BCUT2D eigenvalue weighted by atomic mass is 9.97. The second kappa shape index (κ2) is 8.47. The van der Waals surface area contributed by atoms with Crippen molar-refractivity contribution in [2.45, 2.75) is 12.8 Å². The van der Waals surface area contributed by atoms with E-state index in [1.165, 1.54) is 0 Å². The Hall–Kier alpha value is -3.16. The Morgan fingerprint density at radius 3 is 2.58 bits per heavy atom. The van der Waals surface area contributed by atoms with Crippen LogP contribution >= 0.6 is 0 Å². The Balaban J connectivity index is 2.02. The van der Waals surface area contributed by atoms with Gasteiger partial charge in [0.25, 0.3) is 5.91 Å². The minimum atomic E-state index is -0.675. The summed E-state index contributed by atoms with van der Waals surface area (Å²) in [4.78, 5) is 24.2. The molecule has 1 saturated heterocycles. The van der Waals surface area contributed by atoms with Crippen molar-refractivity contribution in [1.82, 2.24) is 10.6 Å². The Morgan fingerprint density at radius 2 is 1.92 bits per heavy atom. The highest BCUT2D eigenvalue weighted by Gasteiger charge is 2.20. The van der Waals surface area contributed by atoms with Crippen LogP contribution in [-0.4, -0.2) is 24.9 Å². The standard InChI is InChI=1S/C17H17N5O2/c18-9-13-3-1-2-4-15(13)22-17(24)14(10-19)11-21-16(23)12-5-7-20-8-6-12/h1-4,11-12,20H,5-8H2,(H,21,23)(H,22,24)/b14-11-. The van der Waals surface area contributed by atoms with Crippen molar-refractivity contribution < 1.29 is 9.59 Å². The van der Waals surface area contributed by atoms with Gasteiger partial charge in [0, 0.05) is 12.1 Å². The van der Waals surface area contributed by atoms with E-state index in [0.29, 0.717) is 11.3 Å². The lowest BCUT2D eigenvalue weighted by molar-refractivity contribution is -0.124. The normalized spacial score (nSPS) is 15.0. The second-order valence-corrected chi connectivity index (χ2v) is 5.31. The van der Waals surface area contributed by atoms with Gasteiger partial charge in [-0.25, -0.2) is 0 Å². The highest BCUT2D eigenvalue weighted by atomic mass is 16.2. The van der Waals surface area contributed by atoms with E-state index in [-0.39, 0.29) is 17.4 Å². The Labute approximate surface area is 140 Å². The van der Waals surface area contributed by atoms with Gasteiger partial charge in [0.1, 0.15) is 17.7 Å². The smallest absolute Gasteiger partial charge is 0.267 e. The average molecular weight is 323 g/mol. The van der Waals surface area contributed by atoms with Gasteiger partial charge in [0.05, 0.1) is 11.3 Å². The summed E-state index contributed by atoms with van der Waals surface area (Å²) in [6.07, 6.45) is 2.57. The molecule has 0 atom stereocenters. The molecule has 0 aliphatic carbocycles. The molecule has 1 aliphatic rings. The zero-order valence-electron chi connectivity index (χ0n) is 13.0. The maximum atomic E-state index is 12.1. The van der Waals surface area contributed by atoms with Crippen LogP contribution in [0.2, 0.25) is 0 Å². The molecule has 1 aliphatic heterocycles. The van der Waals surface area contributed by atoms with E-state index in [1.807, 2.05) is 6.07 Å². The van der Waals surface area contributed by atoms with Gasteiger partial charge in [-0.1, -0.05) is 12.1 Å². The molecular formula is C17H17N5O2. The van der Waals surface area contributed by atoms with Crippen molar-refractivity contribution in [2.24, 2.45) is 5.92 Å². The molecule has 0 radical (unpaired) electrons. The Bertz CT molecular complexity index is 736. The maximum absolute atomic E-state index is 12.1. The molecule has 0 unspecified atom stereocenters. The van der Waals surface area contributed by atoms with Gasteiger partial charge >= 0.3 is 0 Å². The molecule has 1 aromatic carbocycles. The van der Waals surface area contributed by atoms with Gasteiger partial charge in [-0.15, -0.1) is 0 Å². The highest BCUT2D eigenvalue weighted by molar-refractivity contribution is 6.07. The zero-order valence-corrected chi connectivity index (χ0v) is 13.0. The molecule has 0 spiro atoms. The molecule has 2 rings (SSSR count). The summed E-state index contributed by atoms with van der Waals surface area (Å²) in [7, 11) is 0. The van der Waals surface area contributed by atoms with E-state index in [9.17, 15) is 9.59 Å². The van der Waals surface area contributed by atoms with Crippen molar-refractivity contribution in [3.8, 4) is 12.1 Å². The van der Waals surface area contributed by atoms with Gasteiger partial charge in [-0.05, 0) is 38.1 Å². The van der Waals surface area contributed by atoms with E-state index in [4.69, 9.17) is 10.5 Å². The third-order valence-electron chi connectivity index (χ3n) is 3.73. The lowest BCUT2D eigenvalue weighted by Crippen LogP contribution is -2.36. The summed E-state index contributed by atoms with van der Waals surface area (Å²) in [6.45, 7) is 1.55. The number of anilines is 1. The molecule has 2 amide bonds. The number of piperidine rings is 1. The van der Waals surface area contributed by atoms with Crippen LogP contribution < -0.4 is 16.0 Å². The summed E-state index contributed by atoms with van der Waals surface area (Å²) in [6, 6.07) is 10.2. The summed E-state index contributed by atoms with van der Waals surface area (Å²) in [5.41, 5.74) is 0.378. The molecule has 122 valence electrons. The predicted molar refractivity (Wildman–Crippen MR) is 87.2 cm³/mol. The molecule has 0 saturated carbocycles. The third-order valence-corrected chi connectivity index (χ3v) is 3.73. The van der Waals surface area contributed by atoms with Crippen molar-refractivity contribution in [2.75, 3.05) is 18.4 Å². The van der Waals surface area contributed by atoms with E-state index >= 15 is 0 Å². The summed E-state index contributed by atoms with van der Waals surface area (Å²) in [5.74, 6) is -0.995. The zero-order chi connectivity index (χ0) is 17.4. The van der Waals surface area contributed by atoms with Crippen LogP contribution in [0.3, 0.4) is 0 Å². The number of para-hydroxylation sites is 1. The molecule has 1 heterocycles. The van der Waals surface area contributed by atoms with E-state index in [2.05, 4.69) is 16.0 Å². The number of nitrogens with zero attached hydrogens (tertiary/aromatic N) is 2. The quantitative estimate of drug-likeness (QED) is 0.565. The van der Waals surface area contributed by atoms with Gasteiger partial charge in [-0.3, -0.25) is 9.59 Å². The van der Waals surface area contributed by atoms with Crippen LogP contribution in [0.5, 0.6) is 0 Å². The first-order valence-corrected chi connectivity index (χ1v) is 7.57. The fourth-order valence-electron chi connectivity index (χ4n) is 2.37. The van der Waals surface area contributed by atoms with Crippen molar-refractivity contribution in [3.63, 3.8) is 0 Å². The molecule has 1 fully saturated rings. The number of nitrogens with one attached hydrogen (secondary N) is 3. The number of carbonyl (C=O) groups is 2. The maximum Gasteiger partial charge on any atom is 0.267 e. The number of hydrogen-bond donors (Lipinski definition) is 3. The van der Waals surface area contributed by atoms with E-state index < -0.39 is 5.91 Å². The van der Waals surface area contributed by atoms with Crippen LogP contribution in [0, 0.1) is 28.6 Å². The SMILES string of the molecule is N#C/C(=C/NC(=O)C1CCNCC1)C(=O)Nc1ccccc1C#N. The Kier molecular flexibility index (Phi) is 6.07. The van der Waals surface area contributed by atoms with Gasteiger partial charge in [0.15, 0.2) is 0 Å². The average Bonchev–Trinajstić information content (AvgIpc) is 2.63. The van der Waals surface area contributed by atoms with Gasteiger partial charge in [-0.2, -0.15) is 10.5 Å². The van der Waals surface area contributed by atoms with Crippen molar-refractivity contribution >= 4 is 17.5 Å². The number of benzene rings is 1. The third kappa shape index (κ3) is 4.42. The van der Waals surface area contributed by atoms with Crippen LogP contribution in [0.25, 0.3) is 0 Å². The molecular weight excluding hydrogens is 306 g/mol. The van der Waals surface area contributed by atoms with Crippen LogP contribution in [-0.2, 0) is 9.59 Å². The van der Waals surface area contributed by atoms with Crippen LogP contribution in [0.15, 0.2) is 36.0 Å². The minimum absolute atomic E-state index is 0.121. The summed E-state index contributed by atoms with van der Waals surface area (Å²) in [5, 5.41) is 26.3. The first-order valence-electron chi connectivity index (χ1n) is 7.57. The van der Waals surface area contributed by atoms with Gasteiger partial charge in [0.2, 0.25) is 5.91 Å². The number of nitriles is 2. The Morgan fingerprint density at radius 1 is 1.21 bits per heavy atom. The summed E-state index contributed by atoms with van der Waals surface area (Å²) >= 11 is 0. The van der Waals surface area contributed by atoms with Crippen molar-refractivity contribution in [1.29, 1.82) is 10.5 Å². The second-order valence-electron chi connectivity index (χ2n) is 5.31. The number of hydrogen-bond acceptors (Lipinski definition) is 5. The molecule has 3 N–H and O–H groups in total. The minimum Gasteiger partial charge on any atom is -0.331 e.